The van der Waals surface area contributed by atoms with E-state index in [4.69, 9.17) is 9.84 Å². The number of rotatable bonds is 6. The van der Waals surface area contributed by atoms with Crippen LogP contribution in [0.3, 0.4) is 0 Å². The van der Waals surface area contributed by atoms with Crippen LogP contribution in [0.2, 0.25) is 0 Å². The van der Waals surface area contributed by atoms with Crippen molar-refractivity contribution < 1.29 is 33.1 Å². The number of benzene rings is 1. The van der Waals surface area contributed by atoms with Crippen molar-refractivity contribution in [3.05, 3.63) is 24.3 Å². The molecule has 10 nitrogen and oxygen atoms in total. The predicted molar refractivity (Wildman–Crippen MR) is 133 cm³/mol. The van der Waals surface area contributed by atoms with Gasteiger partial charge in [0.2, 0.25) is 10.0 Å². The smallest absolute Gasteiger partial charge is 0.407 e. The zero-order valence-corrected chi connectivity index (χ0v) is 22.4. The SMILES string of the molecule is CN(CC#CC(Oc1ccc(S(=O)(=O)N2CCSC(C)(C)C2C(=O)NO)cc1)C(C)(C)C)C(=O)O. The molecular weight excluding hydrogens is 494 g/mol. The number of carbonyl (C=O) groups is 2. The van der Waals surface area contributed by atoms with E-state index in [1.807, 2.05) is 20.8 Å². The molecule has 1 aromatic carbocycles. The molecule has 3 N–H and O–H groups in total. The van der Waals surface area contributed by atoms with E-state index >= 15 is 0 Å². The molecule has 194 valence electrons. The molecule has 0 aliphatic carbocycles. The van der Waals surface area contributed by atoms with Gasteiger partial charge in [-0.15, -0.1) is 0 Å². The van der Waals surface area contributed by atoms with Gasteiger partial charge in [-0.1, -0.05) is 32.6 Å². The average molecular weight is 528 g/mol. The second kappa shape index (κ2) is 11.1. The minimum atomic E-state index is -4.04. The molecule has 2 amide bonds. The first-order valence-electron chi connectivity index (χ1n) is 10.9. The third kappa shape index (κ3) is 7.04. The van der Waals surface area contributed by atoms with Gasteiger partial charge < -0.3 is 14.7 Å². The number of nitrogens with zero attached hydrogens (tertiary/aromatic N) is 2. The first-order chi connectivity index (χ1) is 16.1. The monoisotopic (exact) mass is 527 g/mol. The van der Waals surface area contributed by atoms with Crippen LogP contribution in [-0.2, 0) is 14.8 Å². The van der Waals surface area contributed by atoms with Crippen molar-refractivity contribution in [1.29, 1.82) is 0 Å². The van der Waals surface area contributed by atoms with Crippen molar-refractivity contribution in [2.45, 2.75) is 56.4 Å². The lowest BCUT2D eigenvalue weighted by atomic mass is 9.89. The summed E-state index contributed by atoms with van der Waals surface area (Å²) in [6, 6.07) is 4.75. The summed E-state index contributed by atoms with van der Waals surface area (Å²) < 4.78 is 33.2. The lowest BCUT2D eigenvalue weighted by Crippen LogP contribution is -2.61. The van der Waals surface area contributed by atoms with Crippen molar-refractivity contribution in [2.75, 3.05) is 25.9 Å². The molecule has 12 heteroatoms. The normalized spacial score (nSPS) is 19.1. The Morgan fingerprint density at radius 3 is 2.43 bits per heavy atom. The molecule has 2 unspecified atom stereocenters. The molecule has 0 bridgehead atoms. The van der Waals surface area contributed by atoms with Gasteiger partial charge in [0.25, 0.3) is 5.91 Å². The largest absolute Gasteiger partial charge is 0.477 e. The maximum absolute atomic E-state index is 13.4. The van der Waals surface area contributed by atoms with Crippen LogP contribution in [0.15, 0.2) is 29.2 Å². The first kappa shape index (κ1) is 28.8. The number of nitrogens with one attached hydrogen (secondary N) is 1. The first-order valence-corrected chi connectivity index (χ1v) is 13.3. The molecule has 1 heterocycles. The molecule has 2 atom stereocenters. The number of hydrogen-bond donors (Lipinski definition) is 3. The fourth-order valence-electron chi connectivity index (χ4n) is 3.43. The molecule has 2 rings (SSSR count). The van der Waals surface area contributed by atoms with Crippen LogP contribution in [-0.4, -0.2) is 82.7 Å². The fourth-order valence-corrected chi connectivity index (χ4v) is 6.54. The van der Waals surface area contributed by atoms with Gasteiger partial charge in [-0.05, 0) is 38.1 Å². The molecule has 0 saturated carbocycles. The number of amides is 2. The van der Waals surface area contributed by atoms with Crippen LogP contribution in [0.1, 0.15) is 34.6 Å². The number of carboxylic acid groups (broad SMARTS) is 1. The van der Waals surface area contributed by atoms with E-state index in [-0.39, 0.29) is 18.0 Å². The van der Waals surface area contributed by atoms with E-state index in [2.05, 4.69) is 11.8 Å². The van der Waals surface area contributed by atoms with Gasteiger partial charge in [-0.2, -0.15) is 16.1 Å². The van der Waals surface area contributed by atoms with Crippen LogP contribution in [0, 0.1) is 17.3 Å². The maximum atomic E-state index is 13.4. The van der Waals surface area contributed by atoms with Crippen LogP contribution in [0.25, 0.3) is 0 Å². The van der Waals surface area contributed by atoms with Crippen molar-refractivity contribution in [3.8, 4) is 17.6 Å². The number of ether oxygens (including phenoxy) is 1. The summed E-state index contributed by atoms with van der Waals surface area (Å²) in [6.45, 7) is 9.45. The second-order valence-corrected chi connectivity index (χ2v) is 13.4. The molecule has 1 fully saturated rings. The molecule has 0 radical (unpaired) electrons. The Balaban J connectivity index is 2.28. The molecule has 35 heavy (non-hydrogen) atoms. The average Bonchev–Trinajstić information content (AvgIpc) is 2.76. The molecule has 1 aliphatic heterocycles. The van der Waals surface area contributed by atoms with E-state index in [0.717, 1.165) is 9.21 Å². The van der Waals surface area contributed by atoms with Crippen LogP contribution in [0.5, 0.6) is 5.75 Å². The predicted octanol–water partition coefficient (Wildman–Crippen LogP) is 2.48. The standard InChI is InChI=1S/C23H33N3O7S2/c1-22(2,3)18(8-7-13-25(6)21(28)29)33-16-9-11-17(12-10-16)35(31,32)26-14-15-34-23(4,5)19(26)20(27)24-30/h9-12,18-19,30H,13-15H2,1-6H3,(H,24,27)(H,28,29). The van der Waals surface area contributed by atoms with Crippen LogP contribution >= 0.6 is 11.8 Å². The van der Waals surface area contributed by atoms with Gasteiger partial charge in [0, 0.05) is 29.5 Å². The highest BCUT2D eigenvalue weighted by molar-refractivity contribution is 8.00. The number of sulfonamides is 1. The summed E-state index contributed by atoms with van der Waals surface area (Å²) in [4.78, 5) is 24.3. The van der Waals surface area contributed by atoms with Crippen LogP contribution in [0.4, 0.5) is 4.79 Å². The molecule has 1 aromatic rings. The zero-order chi connectivity index (χ0) is 26.6. The van der Waals surface area contributed by atoms with E-state index in [1.54, 1.807) is 19.3 Å². The molecule has 0 aromatic heterocycles. The Morgan fingerprint density at radius 2 is 1.91 bits per heavy atom. The Labute approximate surface area is 211 Å². The zero-order valence-electron chi connectivity index (χ0n) is 20.7. The lowest BCUT2D eigenvalue weighted by molar-refractivity contribution is -0.134. The van der Waals surface area contributed by atoms with Crippen molar-refractivity contribution in [3.63, 3.8) is 0 Å². The summed E-state index contributed by atoms with van der Waals surface area (Å²) >= 11 is 1.46. The Bertz CT molecular complexity index is 1090. The summed E-state index contributed by atoms with van der Waals surface area (Å²) in [5, 5.41) is 18.1. The molecular formula is C23H33N3O7S2. The summed E-state index contributed by atoms with van der Waals surface area (Å²) in [5.41, 5.74) is 1.19. The van der Waals surface area contributed by atoms with E-state index in [0.29, 0.717) is 11.5 Å². The third-order valence-corrected chi connectivity index (χ3v) is 8.67. The summed E-state index contributed by atoms with van der Waals surface area (Å²) in [6.07, 6.45) is -1.66. The van der Waals surface area contributed by atoms with Gasteiger partial charge in [-0.25, -0.2) is 18.7 Å². The van der Waals surface area contributed by atoms with Crippen molar-refractivity contribution in [2.24, 2.45) is 5.41 Å². The molecule has 1 aliphatic rings. The van der Waals surface area contributed by atoms with Crippen molar-refractivity contribution in [1.82, 2.24) is 14.7 Å². The van der Waals surface area contributed by atoms with Crippen molar-refractivity contribution >= 4 is 33.8 Å². The quantitative estimate of drug-likeness (QED) is 0.292. The Morgan fingerprint density at radius 1 is 1.31 bits per heavy atom. The number of thioether (sulfide) groups is 1. The highest BCUT2D eigenvalue weighted by Gasteiger charge is 2.48. The van der Waals surface area contributed by atoms with Gasteiger partial charge in [-0.3, -0.25) is 10.0 Å². The minimum Gasteiger partial charge on any atom is -0.477 e. The molecule has 0 spiro atoms. The van der Waals surface area contributed by atoms with Gasteiger partial charge in [0.15, 0.2) is 6.10 Å². The van der Waals surface area contributed by atoms with E-state index in [1.165, 1.54) is 43.1 Å². The highest BCUT2D eigenvalue weighted by Crippen LogP contribution is 2.38. The molecule has 1 saturated heterocycles. The van der Waals surface area contributed by atoms with Gasteiger partial charge in [0.05, 0.1) is 11.4 Å². The minimum absolute atomic E-state index is 0.00948. The highest BCUT2D eigenvalue weighted by atomic mass is 32.2. The number of hydrogen-bond acceptors (Lipinski definition) is 7. The van der Waals surface area contributed by atoms with Gasteiger partial charge >= 0.3 is 6.09 Å². The number of carbonyl (C=O) groups excluding carboxylic acids is 1. The Kier molecular flexibility index (Phi) is 9.10. The number of hydroxylamine groups is 1. The summed E-state index contributed by atoms with van der Waals surface area (Å²) in [5.74, 6) is 5.87. The van der Waals surface area contributed by atoms with Gasteiger partial charge in [0.1, 0.15) is 11.8 Å². The second-order valence-electron chi connectivity index (χ2n) is 9.74. The third-order valence-electron chi connectivity index (χ3n) is 5.44. The van der Waals surface area contributed by atoms with E-state index in [9.17, 15) is 23.2 Å². The summed E-state index contributed by atoms with van der Waals surface area (Å²) in [7, 11) is -2.62. The topological polar surface area (TPSA) is 136 Å². The van der Waals surface area contributed by atoms with E-state index < -0.39 is 44.3 Å². The fraction of sp³-hybridized carbons (Fsp3) is 0.565. The Hall–Kier alpha value is -2.46. The lowest BCUT2D eigenvalue weighted by Gasteiger charge is -2.43. The van der Waals surface area contributed by atoms with Crippen LogP contribution < -0.4 is 10.2 Å². The maximum Gasteiger partial charge on any atom is 0.407 e.